The fraction of sp³-hybridized carbons (Fsp3) is 0.333. The number of aliphatic carboxylic acids is 1. The molecule has 1 aromatic carbocycles. The molecule has 0 spiro atoms. The quantitative estimate of drug-likeness (QED) is 0.898. The van der Waals surface area contributed by atoms with Gasteiger partial charge in [-0.25, -0.2) is 4.68 Å². The molecule has 1 aromatic heterocycles. The topological polar surface area (TPSA) is 88.3 Å². The molecule has 1 heterocycles. The highest BCUT2D eigenvalue weighted by Crippen LogP contribution is 2.27. The maximum Gasteiger partial charge on any atom is 0.323 e. The molecule has 22 heavy (non-hydrogen) atoms. The van der Waals surface area contributed by atoms with Crippen LogP contribution in [-0.4, -0.2) is 49.5 Å². The van der Waals surface area contributed by atoms with Gasteiger partial charge in [0.2, 0.25) is 0 Å². The summed E-state index contributed by atoms with van der Waals surface area (Å²) in [5.74, 6) is -1.41. The average Bonchev–Trinajstić information content (AvgIpc) is 3.21. The molecule has 1 saturated carbocycles. The molecule has 114 valence electrons. The van der Waals surface area contributed by atoms with Gasteiger partial charge in [-0.05, 0) is 31.9 Å². The minimum absolute atomic E-state index is 0.00752. The van der Waals surface area contributed by atoms with Gasteiger partial charge in [0, 0.05) is 6.04 Å². The summed E-state index contributed by atoms with van der Waals surface area (Å²) in [6, 6.07) is 7.66. The lowest BCUT2D eigenvalue weighted by Gasteiger charge is -2.18. The van der Waals surface area contributed by atoms with Crippen LogP contribution < -0.4 is 0 Å². The summed E-state index contributed by atoms with van der Waals surface area (Å²) in [5, 5.41) is 16.8. The van der Waals surface area contributed by atoms with Gasteiger partial charge >= 0.3 is 5.97 Å². The number of benzene rings is 1. The number of hydrogen-bond donors (Lipinski definition) is 1. The summed E-state index contributed by atoms with van der Waals surface area (Å²) in [6.45, 7) is 1.68. The largest absolute Gasteiger partial charge is 0.480 e. The van der Waals surface area contributed by atoms with Crippen molar-refractivity contribution in [3.05, 3.63) is 41.7 Å². The average molecular weight is 300 g/mol. The third-order valence-electron chi connectivity index (χ3n) is 3.57. The lowest BCUT2D eigenvalue weighted by atomic mass is 10.2. The molecule has 3 rings (SSSR count). The Hall–Kier alpha value is -2.70. The number of carboxylic acids is 1. The van der Waals surface area contributed by atoms with E-state index in [4.69, 9.17) is 5.11 Å². The fourth-order valence-corrected chi connectivity index (χ4v) is 2.23. The minimum Gasteiger partial charge on any atom is -0.480 e. The van der Waals surface area contributed by atoms with Crippen molar-refractivity contribution in [2.75, 3.05) is 6.54 Å². The van der Waals surface area contributed by atoms with E-state index in [0.29, 0.717) is 0 Å². The first-order chi connectivity index (χ1) is 10.5. The second-order valence-electron chi connectivity index (χ2n) is 5.44. The molecule has 0 unspecified atom stereocenters. The van der Waals surface area contributed by atoms with Gasteiger partial charge < -0.3 is 10.0 Å². The van der Waals surface area contributed by atoms with Crippen LogP contribution in [0.1, 0.15) is 28.9 Å². The Balaban J connectivity index is 1.81. The van der Waals surface area contributed by atoms with Crippen molar-refractivity contribution >= 4 is 11.9 Å². The molecule has 0 saturated heterocycles. The maximum absolute atomic E-state index is 12.4. The van der Waals surface area contributed by atoms with Crippen LogP contribution in [0, 0.1) is 6.92 Å². The van der Waals surface area contributed by atoms with E-state index >= 15 is 0 Å². The molecule has 0 aliphatic heterocycles. The number of amides is 1. The first kappa shape index (κ1) is 14.2. The molecule has 1 aliphatic rings. The molecule has 1 amide bonds. The van der Waals surface area contributed by atoms with Gasteiger partial charge in [-0.2, -0.15) is 0 Å². The van der Waals surface area contributed by atoms with E-state index in [-0.39, 0.29) is 24.2 Å². The maximum atomic E-state index is 12.4. The number of aromatic nitrogens is 3. The first-order valence-electron chi connectivity index (χ1n) is 7.07. The van der Waals surface area contributed by atoms with Crippen LogP contribution in [0.25, 0.3) is 5.69 Å². The van der Waals surface area contributed by atoms with Crippen LogP contribution >= 0.6 is 0 Å². The minimum atomic E-state index is -1.02. The van der Waals surface area contributed by atoms with Gasteiger partial charge in [-0.15, -0.1) is 5.10 Å². The molecule has 7 nitrogen and oxygen atoms in total. The number of rotatable bonds is 5. The normalized spacial score (nSPS) is 13.9. The van der Waals surface area contributed by atoms with Crippen molar-refractivity contribution in [1.29, 1.82) is 0 Å². The van der Waals surface area contributed by atoms with E-state index < -0.39 is 5.97 Å². The molecule has 1 aliphatic carbocycles. The van der Waals surface area contributed by atoms with E-state index in [0.717, 1.165) is 24.1 Å². The van der Waals surface area contributed by atoms with Crippen molar-refractivity contribution in [3.8, 4) is 5.69 Å². The Labute approximate surface area is 127 Å². The Kier molecular flexibility index (Phi) is 3.62. The van der Waals surface area contributed by atoms with Crippen molar-refractivity contribution in [2.45, 2.75) is 25.8 Å². The van der Waals surface area contributed by atoms with Crippen LogP contribution in [0.2, 0.25) is 0 Å². The third kappa shape index (κ3) is 2.98. The predicted molar refractivity (Wildman–Crippen MR) is 77.8 cm³/mol. The van der Waals surface area contributed by atoms with Crippen molar-refractivity contribution in [3.63, 3.8) is 0 Å². The highest BCUT2D eigenvalue weighted by atomic mass is 16.4. The van der Waals surface area contributed by atoms with Crippen LogP contribution in [0.15, 0.2) is 30.5 Å². The van der Waals surface area contributed by atoms with Crippen molar-refractivity contribution in [2.24, 2.45) is 0 Å². The second kappa shape index (κ2) is 5.59. The second-order valence-corrected chi connectivity index (χ2v) is 5.44. The van der Waals surface area contributed by atoms with E-state index in [9.17, 15) is 9.59 Å². The Morgan fingerprint density at radius 1 is 1.32 bits per heavy atom. The SMILES string of the molecule is Cc1ccc(-n2cc(C(=O)N(CC(=O)O)C3CC3)nn2)cc1. The monoisotopic (exact) mass is 300 g/mol. The van der Waals surface area contributed by atoms with Gasteiger partial charge in [-0.3, -0.25) is 9.59 Å². The molecular formula is C15H16N4O3. The molecule has 7 heteroatoms. The smallest absolute Gasteiger partial charge is 0.323 e. The van der Waals surface area contributed by atoms with Gasteiger partial charge in [0.25, 0.3) is 5.91 Å². The Morgan fingerprint density at radius 3 is 2.59 bits per heavy atom. The summed E-state index contributed by atoms with van der Waals surface area (Å²) >= 11 is 0. The van der Waals surface area contributed by atoms with Crippen LogP contribution in [-0.2, 0) is 4.79 Å². The summed E-state index contributed by atoms with van der Waals surface area (Å²) in [5.41, 5.74) is 2.09. The van der Waals surface area contributed by atoms with Crippen molar-refractivity contribution in [1.82, 2.24) is 19.9 Å². The number of nitrogens with zero attached hydrogens (tertiary/aromatic N) is 4. The molecule has 0 atom stereocenters. The van der Waals surface area contributed by atoms with Crippen LogP contribution in [0.5, 0.6) is 0 Å². The lowest BCUT2D eigenvalue weighted by molar-refractivity contribution is -0.137. The summed E-state index contributed by atoms with van der Waals surface area (Å²) < 4.78 is 1.51. The third-order valence-corrected chi connectivity index (χ3v) is 3.57. The summed E-state index contributed by atoms with van der Waals surface area (Å²) in [4.78, 5) is 24.7. The standard InChI is InChI=1S/C15H16N4O3/c1-10-2-4-12(5-3-10)19-8-13(16-17-19)15(22)18(9-14(20)21)11-6-7-11/h2-5,8,11H,6-7,9H2,1H3,(H,20,21). The van der Waals surface area contributed by atoms with Crippen LogP contribution in [0.4, 0.5) is 0 Å². The van der Waals surface area contributed by atoms with E-state index in [2.05, 4.69) is 10.3 Å². The highest BCUT2D eigenvalue weighted by Gasteiger charge is 2.35. The van der Waals surface area contributed by atoms with Gasteiger partial charge in [0.15, 0.2) is 5.69 Å². The first-order valence-corrected chi connectivity index (χ1v) is 7.07. The molecule has 0 radical (unpaired) electrons. The van der Waals surface area contributed by atoms with Gasteiger partial charge in [0.05, 0.1) is 11.9 Å². The number of carbonyl (C=O) groups excluding carboxylic acids is 1. The van der Waals surface area contributed by atoms with E-state index in [1.54, 1.807) is 0 Å². The molecule has 2 aromatic rings. The highest BCUT2D eigenvalue weighted by molar-refractivity contribution is 5.94. The van der Waals surface area contributed by atoms with E-state index in [1.165, 1.54) is 15.8 Å². The Morgan fingerprint density at radius 2 is 2.00 bits per heavy atom. The lowest BCUT2D eigenvalue weighted by Crippen LogP contribution is -2.37. The molecule has 1 N–H and O–H groups in total. The summed E-state index contributed by atoms with van der Waals surface area (Å²) in [6.07, 6.45) is 3.21. The zero-order chi connectivity index (χ0) is 15.7. The zero-order valence-corrected chi connectivity index (χ0v) is 12.1. The van der Waals surface area contributed by atoms with Gasteiger partial charge in [-0.1, -0.05) is 22.9 Å². The number of hydrogen-bond acceptors (Lipinski definition) is 4. The van der Waals surface area contributed by atoms with Crippen molar-refractivity contribution < 1.29 is 14.7 Å². The number of carboxylic acid groups (broad SMARTS) is 1. The van der Waals surface area contributed by atoms with Crippen LogP contribution in [0.3, 0.4) is 0 Å². The number of aryl methyl sites for hydroxylation is 1. The molecular weight excluding hydrogens is 284 g/mol. The summed E-state index contributed by atoms with van der Waals surface area (Å²) in [7, 11) is 0. The Bertz CT molecular complexity index is 704. The fourth-order valence-electron chi connectivity index (χ4n) is 2.23. The number of carbonyl (C=O) groups is 2. The zero-order valence-electron chi connectivity index (χ0n) is 12.1. The molecule has 1 fully saturated rings. The predicted octanol–water partition coefficient (Wildman–Crippen LogP) is 1.26. The van der Waals surface area contributed by atoms with Gasteiger partial charge in [0.1, 0.15) is 6.54 Å². The van der Waals surface area contributed by atoms with E-state index in [1.807, 2.05) is 31.2 Å². The molecule has 0 bridgehead atoms.